The summed E-state index contributed by atoms with van der Waals surface area (Å²) in [4.78, 5) is 20.8. The van der Waals surface area contributed by atoms with E-state index in [-0.39, 0.29) is 0 Å². The molecule has 2 heterocycles. The van der Waals surface area contributed by atoms with Crippen LogP contribution >= 0.6 is 23.1 Å². The first-order valence-electron chi connectivity index (χ1n) is 6.05. The second-order valence-electron chi connectivity index (χ2n) is 4.79. The standard InChI is InChI=1S/C13H16N2O2S2/c1-6(2)8(4)18-11-9-7(3)10(13(16)17)19-12(9)15-5-14-11/h5-6,8H,1-4H3,(H,16,17). The summed E-state index contributed by atoms with van der Waals surface area (Å²) in [5, 5.41) is 11.4. The van der Waals surface area contributed by atoms with E-state index < -0.39 is 5.97 Å². The average molecular weight is 296 g/mol. The lowest BCUT2D eigenvalue weighted by molar-refractivity contribution is 0.0701. The van der Waals surface area contributed by atoms with Crippen molar-refractivity contribution < 1.29 is 9.90 Å². The van der Waals surface area contributed by atoms with Crippen LogP contribution in [-0.2, 0) is 0 Å². The number of carbonyl (C=O) groups is 1. The third-order valence-corrected chi connectivity index (χ3v) is 5.76. The van der Waals surface area contributed by atoms with Gasteiger partial charge in [-0.05, 0) is 18.4 Å². The molecule has 0 aliphatic carbocycles. The third-order valence-electron chi connectivity index (χ3n) is 3.12. The molecular formula is C13H16N2O2S2. The van der Waals surface area contributed by atoms with Gasteiger partial charge in [-0.15, -0.1) is 23.1 Å². The number of thiophene rings is 1. The summed E-state index contributed by atoms with van der Waals surface area (Å²) in [6, 6.07) is 0. The van der Waals surface area contributed by atoms with Crippen molar-refractivity contribution in [2.45, 2.75) is 38.0 Å². The quantitative estimate of drug-likeness (QED) is 0.686. The van der Waals surface area contributed by atoms with Gasteiger partial charge in [-0.2, -0.15) is 0 Å². The van der Waals surface area contributed by atoms with Crippen LogP contribution in [-0.4, -0.2) is 26.3 Å². The highest BCUT2D eigenvalue weighted by Crippen LogP contribution is 2.37. The monoisotopic (exact) mass is 296 g/mol. The molecule has 0 spiro atoms. The molecule has 0 radical (unpaired) electrons. The number of aromatic carboxylic acids is 1. The van der Waals surface area contributed by atoms with Crippen LogP contribution in [0.2, 0.25) is 0 Å². The second-order valence-corrected chi connectivity index (χ2v) is 7.15. The molecule has 1 unspecified atom stereocenters. The Morgan fingerprint density at radius 1 is 1.37 bits per heavy atom. The summed E-state index contributed by atoms with van der Waals surface area (Å²) < 4.78 is 0. The maximum atomic E-state index is 11.2. The highest BCUT2D eigenvalue weighted by molar-refractivity contribution is 8.00. The Hall–Kier alpha value is -1.14. The minimum atomic E-state index is -0.895. The Labute approximate surface area is 120 Å². The van der Waals surface area contributed by atoms with Crippen LogP contribution in [0, 0.1) is 12.8 Å². The first-order valence-corrected chi connectivity index (χ1v) is 7.75. The SMILES string of the molecule is Cc1c(C(=O)O)sc2ncnc(SC(C)C(C)C)c12. The molecule has 1 atom stereocenters. The van der Waals surface area contributed by atoms with Gasteiger partial charge < -0.3 is 5.11 Å². The van der Waals surface area contributed by atoms with Gasteiger partial charge in [0.05, 0.1) is 0 Å². The molecule has 2 aromatic heterocycles. The minimum absolute atomic E-state index is 0.356. The average Bonchev–Trinajstić information content (AvgIpc) is 2.68. The number of rotatable bonds is 4. The Balaban J connectivity index is 2.53. The molecule has 0 amide bonds. The smallest absolute Gasteiger partial charge is 0.346 e. The molecule has 0 fully saturated rings. The van der Waals surface area contributed by atoms with Gasteiger partial charge in [0, 0.05) is 10.6 Å². The molecule has 0 aromatic carbocycles. The fourth-order valence-corrected chi connectivity index (χ4v) is 3.80. The summed E-state index contributed by atoms with van der Waals surface area (Å²) in [7, 11) is 0. The highest BCUT2D eigenvalue weighted by Gasteiger charge is 2.20. The fourth-order valence-electron chi connectivity index (χ4n) is 1.64. The maximum absolute atomic E-state index is 11.2. The Bertz CT molecular complexity index is 622. The molecule has 0 saturated carbocycles. The number of aromatic nitrogens is 2. The van der Waals surface area contributed by atoms with E-state index in [1.165, 1.54) is 17.7 Å². The summed E-state index contributed by atoms with van der Waals surface area (Å²) in [6.07, 6.45) is 1.51. The molecule has 6 heteroatoms. The van der Waals surface area contributed by atoms with E-state index in [2.05, 4.69) is 30.7 Å². The molecule has 0 aliphatic heterocycles. The topological polar surface area (TPSA) is 63.1 Å². The van der Waals surface area contributed by atoms with Gasteiger partial charge in [0.25, 0.3) is 0 Å². The van der Waals surface area contributed by atoms with Crippen LogP contribution in [0.1, 0.15) is 36.0 Å². The van der Waals surface area contributed by atoms with Crippen molar-refractivity contribution >= 4 is 39.3 Å². The van der Waals surface area contributed by atoms with Crippen LogP contribution in [0.4, 0.5) is 0 Å². The van der Waals surface area contributed by atoms with Crippen LogP contribution in [0.15, 0.2) is 11.4 Å². The van der Waals surface area contributed by atoms with Crippen molar-refractivity contribution in [2.24, 2.45) is 5.92 Å². The molecule has 0 aliphatic rings. The summed E-state index contributed by atoms with van der Waals surface area (Å²) >= 11 is 2.90. The Morgan fingerprint density at radius 3 is 2.63 bits per heavy atom. The van der Waals surface area contributed by atoms with E-state index in [4.69, 9.17) is 0 Å². The van der Waals surface area contributed by atoms with Crippen LogP contribution in [0.3, 0.4) is 0 Å². The summed E-state index contributed by atoms with van der Waals surface area (Å²) in [6.45, 7) is 8.32. The number of carboxylic acids is 1. The molecule has 2 aromatic rings. The number of thioether (sulfide) groups is 1. The summed E-state index contributed by atoms with van der Waals surface area (Å²) in [5.74, 6) is -0.360. The first kappa shape index (κ1) is 14.3. The molecule has 0 saturated heterocycles. The predicted octanol–water partition coefficient (Wildman–Crippen LogP) is 3.83. The molecule has 4 nitrogen and oxygen atoms in total. The van der Waals surface area contributed by atoms with Gasteiger partial charge in [0.1, 0.15) is 21.1 Å². The Morgan fingerprint density at radius 2 is 2.05 bits per heavy atom. The van der Waals surface area contributed by atoms with Gasteiger partial charge in [-0.3, -0.25) is 0 Å². The largest absolute Gasteiger partial charge is 0.477 e. The van der Waals surface area contributed by atoms with Crippen molar-refractivity contribution in [3.8, 4) is 0 Å². The van der Waals surface area contributed by atoms with E-state index in [1.54, 1.807) is 11.8 Å². The van der Waals surface area contributed by atoms with Crippen LogP contribution in [0.5, 0.6) is 0 Å². The van der Waals surface area contributed by atoms with E-state index >= 15 is 0 Å². The van der Waals surface area contributed by atoms with Crippen molar-refractivity contribution in [3.63, 3.8) is 0 Å². The lowest BCUT2D eigenvalue weighted by Gasteiger charge is -2.14. The van der Waals surface area contributed by atoms with Gasteiger partial charge in [-0.25, -0.2) is 14.8 Å². The number of fused-ring (bicyclic) bond motifs is 1. The fraction of sp³-hybridized carbons (Fsp3) is 0.462. The van der Waals surface area contributed by atoms with Gasteiger partial charge in [0.2, 0.25) is 0 Å². The summed E-state index contributed by atoms with van der Waals surface area (Å²) in [5.41, 5.74) is 0.770. The van der Waals surface area contributed by atoms with Crippen molar-refractivity contribution in [2.75, 3.05) is 0 Å². The molecule has 19 heavy (non-hydrogen) atoms. The van der Waals surface area contributed by atoms with Crippen molar-refractivity contribution in [1.29, 1.82) is 0 Å². The van der Waals surface area contributed by atoms with E-state index in [0.717, 1.165) is 20.8 Å². The van der Waals surface area contributed by atoms with E-state index in [9.17, 15) is 9.90 Å². The molecular weight excluding hydrogens is 280 g/mol. The van der Waals surface area contributed by atoms with E-state index in [0.29, 0.717) is 16.0 Å². The Kier molecular flexibility index (Phi) is 4.10. The number of hydrogen-bond donors (Lipinski definition) is 1. The zero-order chi connectivity index (χ0) is 14.2. The normalized spacial score (nSPS) is 13.1. The maximum Gasteiger partial charge on any atom is 0.346 e. The number of carboxylic acid groups (broad SMARTS) is 1. The van der Waals surface area contributed by atoms with Crippen LogP contribution < -0.4 is 0 Å². The van der Waals surface area contributed by atoms with Gasteiger partial charge in [-0.1, -0.05) is 20.8 Å². The third kappa shape index (κ3) is 2.74. The predicted molar refractivity (Wildman–Crippen MR) is 79.3 cm³/mol. The van der Waals surface area contributed by atoms with Crippen LogP contribution in [0.25, 0.3) is 10.2 Å². The number of hydrogen-bond acceptors (Lipinski definition) is 5. The van der Waals surface area contributed by atoms with Gasteiger partial charge >= 0.3 is 5.97 Å². The molecule has 0 bridgehead atoms. The lowest BCUT2D eigenvalue weighted by atomic mass is 10.2. The number of aryl methyl sites for hydroxylation is 1. The van der Waals surface area contributed by atoms with Gasteiger partial charge in [0.15, 0.2) is 0 Å². The lowest BCUT2D eigenvalue weighted by Crippen LogP contribution is -2.06. The molecule has 102 valence electrons. The van der Waals surface area contributed by atoms with Crippen molar-refractivity contribution in [1.82, 2.24) is 9.97 Å². The van der Waals surface area contributed by atoms with E-state index in [1.807, 2.05) is 6.92 Å². The number of nitrogens with zero attached hydrogens (tertiary/aromatic N) is 2. The minimum Gasteiger partial charge on any atom is -0.477 e. The second kappa shape index (κ2) is 5.46. The zero-order valence-electron chi connectivity index (χ0n) is 11.3. The molecule has 1 N–H and O–H groups in total. The molecule has 2 rings (SSSR count). The highest BCUT2D eigenvalue weighted by atomic mass is 32.2. The van der Waals surface area contributed by atoms with Crippen molar-refractivity contribution in [3.05, 3.63) is 16.8 Å². The zero-order valence-corrected chi connectivity index (χ0v) is 12.9. The first-order chi connectivity index (χ1) is 8.91.